The van der Waals surface area contributed by atoms with Crippen LogP contribution in [0.5, 0.6) is 0 Å². The number of hydrogen-bond donors (Lipinski definition) is 3. The van der Waals surface area contributed by atoms with E-state index in [9.17, 15) is 14.3 Å². The van der Waals surface area contributed by atoms with Gasteiger partial charge in [-0.2, -0.15) is 0 Å². The number of ether oxygens (including phenoxy) is 1. The zero-order valence-corrected chi connectivity index (χ0v) is 11.8. The van der Waals surface area contributed by atoms with E-state index in [4.69, 9.17) is 4.74 Å². The van der Waals surface area contributed by atoms with Crippen molar-refractivity contribution in [3.63, 3.8) is 0 Å². The second-order valence-corrected chi connectivity index (χ2v) is 5.29. The lowest BCUT2D eigenvalue weighted by Crippen LogP contribution is -2.40. The van der Waals surface area contributed by atoms with Gasteiger partial charge in [0.2, 0.25) is 0 Å². The molecule has 1 aliphatic rings. The Labute approximate surface area is 123 Å². The number of carbonyl (C=O) groups is 1. The summed E-state index contributed by atoms with van der Waals surface area (Å²) in [6.07, 6.45) is 1.67. The standard InChI is InChI=1S/C15H21FN2O3/c16-14-4-2-1-3-12(14)7-17-15(20)18-8-13(19)10-21-9-11-5-6-11/h1-4,11,13,19H,5-10H2,(H2,17,18,20). The van der Waals surface area contributed by atoms with Crippen LogP contribution in [0.15, 0.2) is 24.3 Å². The molecular formula is C15H21FN2O3. The number of carbonyl (C=O) groups excluding carboxylic acids is 1. The maximum atomic E-state index is 13.3. The fourth-order valence-corrected chi connectivity index (χ4v) is 1.80. The van der Waals surface area contributed by atoms with Gasteiger partial charge in [0.05, 0.1) is 12.7 Å². The van der Waals surface area contributed by atoms with E-state index in [1.807, 2.05) is 0 Å². The molecule has 2 amide bonds. The van der Waals surface area contributed by atoms with Crippen molar-refractivity contribution < 1.29 is 19.0 Å². The minimum absolute atomic E-state index is 0.104. The van der Waals surface area contributed by atoms with Crippen LogP contribution in [0.25, 0.3) is 0 Å². The van der Waals surface area contributed by atoms with Crippen molar-refractivity contribution in [2.45, 2.75) is 25.5 Å². The molecule has 0 heterocycles. The van der Waals surface area contributed by atoms with Crippen molar-refractivity contribution in [3.8, 4) is 0 Å². The summed E-state index contributed by atoms with van der Waals surface area (Å²) >= 11 is 0. The van der Waals surface area contributed by atoms with E-state index >= 15 is 0 Å². The zero-order chi connectivity index (χ0) is 15.1. The molecule has 1 saturated carbocycles. The van der Waals surface area contributed by atoms with Gasteiger partial charge in [-0.3, -0.25) is 0 Å². The van der Waals surface area contributed by atoms with Gasteiger partial charge >= 0.3 is 6.03 Å². The van der Waals surface area contributed by atoms with Crippen LogP contribution in [-0.4, -0.2) is 37.0 Å². The molecule has 0 radical (unpaired) electrons. The molecule has 0 aromatic heterocycles. The van der Waals surface area contributed by atoms with E-state index in [-0.39, 0.29) is 25.5 Å². The fraction of sp³-hybridized carbons (Fsp3) is 0.533. The lowest BCUT2D eigenvalue weighted by atomic mass is 10.2. The molecule has 1 fully saturated rings. The normalized spacial score (nSPS) is 15.5. The lowest BCUT2D eigenvalue weighted by Gasteiger charge is -2.13. The summed E-state index contributed by atoms with van der Waals surface area (Å²) in [7, 11) is 0. The molecule has 0 saturated heterocycles. The number of amides is 2. The first-order chi connectivity index (χ1) is 10.1. The van der Waals surface area contributed by atoms with E-state index in [2.05, 4.69) is 10.6 Å². The Kier molecular flexibility index (Phi) is 5.95. The summed E-state index contributed by atoms with van der Waals surface area (Å²) in [5.41, 5.74) is 0.418. The van der Waals surface area contributed by atoms with Crippen LogP contribution in [0.3, 0.4) is 0 Å². The van der Waals surface area contributed by atoms with E-state index in [1.54, 1.807) is 18.2 Å². The molecule has 0 aliphatic heterocycles. The molecule has 0 spiro atoms. The Bertz CT molecular complexity index is 466. The Morgan fingerprint density at radius 3 is 2.86 bits per heavy atom. The molecule has 1 aliphatic carbocycles. The maximum absolute atomic E-state index is 13.3. The van der Waals surface area contributed by atoms with Crippen LogP contribution in [0.1, 0.15) is 18.4 Å². The number of halogens is 1. The SMILES string of the molecule is O=C(NCc1ccccc1F)NCC(O)COCC1CC1. The zero-order valence-electron chi connectivity index (χ0n) is 11.8. The number of nitrogens with one attached hydrogen (secondary N) is 2. The monoisotopic (exact) mass is 296 g/mol. The van der Waals surface area contributed by atoms with Crippen molar-refractivity contribution in [2.24, 2.45) is 5.92 Å². The number of urea groups is 1. The number of aliphatic hydroxyl groups excluding tert-OH is 1. The Balaban J connectivity index is 1.57. The van der Waals surface area contributed by atoms with Gasteiger partial charge in [0, 0.05) is 25.3 Å². The number of rotatable bonds is 8. The smallest absolute Gasteiger partial charge is 0.315 e. The second-order valence-electron chi connectivity index (χ2n) is 5.29. The molecule has 0 bridgehead atoms. The lowest BCUT2D eigenvalue weighted by molar-refractivity contribution is 0.0337. The average molecular weight is 296 g/mol. The van der Waals surface area contributed by atoms with Crippen LogP contribution in [0.2, 0.25) is 0 Å². The van der Waals surface area contributed by atoms with Gasteiger partial charge in [0.1, 0.15) is 5.82 Å². The molecule has 2 rings (SSSR count). The third kappa shape index (κ3) is 6.10. The van der Waals surface area contributed by atoms with Crippen molar-refractivity contribution in [1.29, 1.82) is 0 Å². The molecule has 1 atom stereocenters. The largest absolute Gasteiger partial charge is 0.389 e. The van der Waals surface area contributed by atoms with Gasteiger partial charge in [0.25, 0.3) is 0 Å². The molecule has 3 N–H and O–H groups in total. The van der Waals surface area contributed by atoms with E-state index < -0.39 is 12.1 Å². The topological polar surface area (TPSA) is 70.6 Å². The summed E-state index contributed by atoms with van der Waals surface area (Å²) in [6.45, 7) is 1.10. The van der Waals surface area contributed by atoms with Crippen molar-refractivity contribution in [1.82, 2.24) is 10.6 Å². The molecule has 1 aromatic rings. The number of hydrogen-bond acceptors (Lipinski definition) is 3. The number of aliphatic hydroxyl groups is 1. The molecule has 6 heteroatoms. The molecule has 21 heavy (non-hydrogen) atoms. The van der Waals surface area contributed by atoms with Gasteiger partial charge in [-0.15, -0.1) is 0 Å². The maximum Gasteiger partial charge on any atom is 0.315 e. The minimum Gasteiger partial charge on any atom is -0.389 e. The first-order valence-electron chi connectivity index (χ1n) is 7.16. The minimum atomic E-state index is -0.733. The number of benzene rings is 1. The van der Waals surface area contributed by atoms with Crippen LogP contribution < -0.4 is 10.6 Å². The Morgan fingerprint density at radius 1 is 1.38 bits per heavy atom. The highest BCUT2D eigenvalue weighted by molar-refractivity contribution is 5.73. The molecule has 1 aromatic carbocycles. The van der Waals surface area contributed by atoms with Crippen LogP contribution >= 0.6 is 0 Å². The Hall–Kier alpha value is -1.66. The first-order valence-corrected chi connectivity index (χ1v) is 7.16. The van der Waals surface area contributed by atoms with Gasteiger partial charge < -0.3 is 20.5 Å². The van der Waals surface area contributed by atoms with Gasteiger partial charge in [-0.1, -0.05) is 18.2 Å². The first kappa shape index (κ1) is 15.7. The Morgan fingerprint density at radius 2 is 2.14 bits per heavy atom. The van der Waals surface area contributed by atoms with E-state index in [0.717, 1.165) is 0 Å². The van der Waals surface area contributed by atoms with Gasteiger partial charge in [-0.05, 0) is 24.8 Å². The summed E-state index contributed by atoms with van der Waals surface area (Å²) in [4.78, 5) is 11.5. The molecule has 5 nitrogen and oxygen atoms in total. The second kappa shape index (κ2) is 7.95. The third-order valence-electron chi connectivity index (χ3n) is 3.26. The van der Waals surface area contributed by atoms with Crippen molar-refractivity contribution >= 4 is 6.03 Å². The highest BCUT2D eigenvalue weighted by Gasteiger charge is 2.21. The fourth-order valence-electron chi connectivity index (χ4n) is 1.80. The predicted octanol–water partition coefficient (Wildman–Crippen LogP) is 1.41. The van der Waals surface area contributed by atoms with Gasteiger partial charge in [0.15, 0.2) is 0 Å². The van der Waals surface area contributed by atoms with Crippen LogP contribution in [0, 0.1) is 11.7 Å². The quantitative estimate of drug-likeness (QED) is 0.679. The van der Waals surface area contributed by atoms with Crippen LogP contribution in [0.4, 0.5) is 9.18 Å². The highest BCUT2D eigenvalue weighted by Crippen LogP contribution is 2.28. The molecule has 1 unspecified atom stereocenters. The highest BCUT2D eigenvalue weighted by atomic mass is 19.1. The molecular weight excluding hydrogens is 275 g/mol. The molecule has 116 valence electrons. The average Bonchev–Trinajstić information content (AvgIpc) is 3.28. The summed E-state index contributed by atoms with van der Waals surface area (Å²) in [5.74, 6) is 0.292. The summed E-state index contributed by atoms with van der Waals surface area (Å²) in [5, 5.41) is 14.7. The summed E-state index contributed by atoms with van der Waals surface area (Å²) < 4.78 is 18.7. The predicted molar refractivity (Wildman–Crippen MR) is 76.2 cm³/mol. The van der Waals surface area contributed by atoms with E-state index in [0.29, 0.717) is 18.1 Å². The van der Waals surface area contributed by atoms with Gasteiger partial charge in [-0.25, -0.2) is 9.18 Å². The van der Waals surface area contributed by atoms with E-state index in [1.165, 1.54) is 18.9 Å². The summed E-state index contributed by atoms with van der Waals surface area (Å²) in [6, 6.07) is 5.81. The third-order valence-corrected chi connectivity index (χ3v) is 3.26. The van der Waals surface area contributed by atoms with Crippen molar-refractivity contribution in [3.05, 3.63) is 35.6 Å². The van der Waals surface area contributed by atoms with Crippen molar-refractivity contribution in [2.75, 3.05) is 19.8 Å². The van der Waals surface area contributed by atoms with Crippen LogP contribution in [-0.2, 0) is 11.3 Å².